The summed E-state index contributed by atoms with van der Waals surface area (Å²) in [5.74, 6) is -0.389. The molecule has 2 aromatic carbocycles. The van der Waals surface area contributed by atoms with E-state index in [-0.39, 0.29) is 12.3 Å². The van der Waals surface area contributed by atoms with Crippen LogP contribution in [-0.2, 0) is 24.3 Å². The van der Waals surface area contributed by atoms with Crippen molar-refractivity contribution in [2.45, 2.75) is 45.4 Å². The summed E-state index contributed by atoms with van der Waals surface area (Å²) < 4.78 is 0. The highest BCUT2D eigenvalue weighted by Crippen LogP contribution is 2.21. The van der Waals surface area contributed by atoms with E-state index in [0.29, 0.717) is 12.1 Å². The minimum atomic E-state index is -0.389. The molecule has 1 amide bonds. The number of benzene rings is 2. The molecule has 3 rings (SSSR count). The monoisotopic (exact) mass is 367 g/mol. The number of hydrogen-bond donors (Lipinski definition) is 2. The number of carbonyl (C=O) groups is 1. The summed E-state index contributed by atoms with van der Waals surface area (Å²) in [7, 11) is 0. The maximum absolute atomic E-state index is 11.3. The molecule has 1 saturated heterocycles. The molecule has 1 heterocycles. The summed E-state index contributed by atoms with van der Waals surface area (Å²) in [6, 6.07) is 19.7. The molecule has 0 aliphatic carbocycles. The lowest BCUT2D eigenvalue weighted by molar-refractivity contribution is -0.128. The van der Waals surface area contributed by atoms with E-state index in [4.69, 9.17) is 5.21 Å². The van der Waals surface area contributed by atoms with Crippen molar-refractivity contribution in [3.8, 4) is 0 Å². The van der Waals surface area contributed by atoms with E-state index in [1.165, 1.54) is 11.1 Å². The van der Waals surface area contributed by atoms with Crippen molar-refractivity contribution >= 4 is 5.91 Å². The Morgan fingerprint density at radius 3 is 2.07 bits per heavy atom. The molecule has 1 fully saturated rings. The third-order valence-corrected chi connectivity index (χ3v) is 5.30. The quantitative estimate of drug-likeness (QED) is 0.609. The lowest BCUT2D eigenvalue weighted by Gasteiger charge is -2.44. The first-order valence-corrected chi connectivity index (χ1v) is 9.58. The van der Waals surface area contributed by atoms with Crippen molar-refractivity contribution in [3.63, 3.8) is 0 Å². The van der Waals surface area contributed by atoms with Gasteiger partial charge in [-0.05, 0) is 30.5 Å². The zero-order chi connectivity index (χ0) is 19.2. The number of rotatable bonds is 6. The molecular formula is C22H29N3O2. The highest BCUT2D eigenvalue weighted by Gasteiger charge is 2.29. The van der Waals surface area contributed by atoms with Crippen LogP contribution in [0.25, 0.3) is 0 Å². The van der Waals surface area contributed by atoms with Crippen molar-refractivity contribution < 1.29 is 10.0 Å². The van der Waals surface area contributed by atoms with Gasteiger partial charge in [-0.25, -0.2) is 5.48 Å². The molecule has 0 aromatic heterocycles. The molecule has 0 radical (unpaired) electrons. The van der Waals surface area contributed by atoms with Crippen LogP contribution in [0.1, 0.15) is 30.5 Å². The fourth-order valence-electron chi connectivity index (χ4n) is 3.95. The predicted molar refractivity (Wildman–Crippen MR) is 106 cm³/mol. The maximum atomic E-state index is 11.3. The van der Waals surface area contributed by atoms with Gasteiger partial charge in [0.2, 0.25) is 5.91 Å². The Bertz CT molecular complexity index is 721. The Morgan fingerprint density at radius 1 is 0.926 bits per heavy atom. The average Bonchev–Trinajstić information content (AvgIpc) is 2.67. The van der Waals surface area contributed by atoms with E-state index < -0.39 is 0 Å². The second-order valence-corrected chi connectivity index (χ2v) is 7.58. The van der Waals surface area contributed by atoms with Crippen LogP contribution >= 0.6 is 0 Å². The number of amides is 1. The predicted octanol–water partition coefficient (Wildman–Crippen LogP) is 2.83. The molecule has 0 bridgehead atoms. The van der Waals surface area contributed by atoms with Gasteiger partial charge in [-0.15, -0.1) is 0 Å². The lowest BCUT2D eigenvalue weighted by Crippen LogP contribution is -2.55. The van der Waals surface area contributed by atoms with E-state index in [2.05, 4.69) is 66.1 Å². The Kier molecular flexibility index (Phi) is 6.61. The largest absolute Gasteiger partial charge is 0.296 e. The summed E-state index contributed by atoms with van der Waals surface area (Å²) in [4.78, 5) is 16.3. The molecule has 144 valence electrons. The Morgan fingerprint density at radius 2 is 1.48 bits per heavy atom. The van der Waals surface area contributed by atoms with E-state index >= 15 is 0 Å². The van der Waals surface area contributed by atoms with Gasteiger partial charge in [0.05, 0.1) is 6.42 Å². The smallest absolute Gasteiger partial charge is 0.247 e. The lowest BCUT2D eigenvalue weighted by atomic mass is 10.0. The van der Waals surface area contributed by atoms with Crippen LogP contribution in [0.3, 0.4) is 0 Å². The van der Waals surface area contributed by atoms with Gasteiger partial charge in [-0.1, -0.05) is 54.6 Å². The third-order valence-electron chi connectivity index (χ3n) is 5.30. The molecule has 2 N–H and O–H groups in total. The zero-order valence-electron chi connectivity index (χ0n) is 16.1. The van der Waals surface area contributed by atoms with Crippen molar-refractivity contribution in [3.05, 3.63) is 71.3 Å². The SMILES string of the molecule is CC1CN(Cc2ccccc2)CC(C)N1Cc1ccc(CC(=O)NO)cc1. The van der Waals surface area contributed by atoms with Crippen molar-refractivity contribution in [1.29, 1.82) is 0 Å². The minimum absolute atomic E-state index is 0.196. The molecule has 2 unspecified atom stereocenters. The van der Waals surface area contributed by atoms with Crippen LogP contribution in [0.15, 0.2) is 54.6 Å². The first-order chi connectivity index (χ1) is 13.0. The summed E-state index contributed by atoms with van der Waals surface area (Å²) in [5, 5.41) is 8.63. The first kappa shape index (κ1) is 19.5. The van der Waals surface area contributed by atoms with Gasteiger partial charge in [-0.2, -0.15) is 0 Å². The third kappa shape index (κ3) is 5.39. The van der Waals surface area contributed by atoms with Crippen LogP contribution < -0.4 is 5.48 Å². The number of nitrogens with one attached hydrogen (secondary N) is 1. The van der Waals surface area contributed by atoms with Crippen LogP contribution in [0, 0.1) is 0 Å². The van der Waals surface area contributed by atoms with Crippen LogP contribution in [-0.4, -0.2) is 46.1 Å². The van der Waals surface area contributed by atoms with Gasteiger partial charge in [0.15, 0.2) is 0 Å². The number of hydrogen-bond acceptors (Lipinski definition) is 4. The molecule has 0 saturated carbocycles. The van der Waals surface area contributed by atoms with Crippen LogP contribution in [0.5, 0.6) is 0 Å². The number of carbonyl (C=O) groups excluding carboxylic acids is 1. The molecule has 5 heteroatoms. The zero-order valence-corrected chi connectivity index (χ0v) is 16.1. The molecule has 1 aliphatic heterocycles. The van der Waals surface area contributed by atoms with E-state index in [1.54, 1.807) is 5.48 Å². The van der Waals surface area contributed by atoms with Gasteiger partial charge in [-0.3, -0.25) is 19.8 Å². The number of nitrogens with zero attached hydrogens (tertiary/aromatic N) is 2. The summed E-state index contributed by atoms with van der Waals surface area (Å²) in [6.45, 7) is 8.64. The van der Waals surface area contributed by atoms with Crippen LogP contribution in [0.4, 0.5) is 0 Å². The van der Waals surface area contributed by atoms with Crippen molar-refractivity contribution in [2.24, 2.45) is 0 Å². The maximum Gasteiger partial charge on any atom is 0.247 e. The number of piperazine rings is 1. The van der Waals surface area contributed by atoms with E-state index in [1.807, 2.05) is 12.1 Å². The van der Waals surface area contributed by atoms with Gasteiger partial charge in [0.1, 0.15) is 0 Å². The minimum Gasteiger partial charge on any atom is -0.296 e. The molecule has 5 nitrogen and oxygen atoms in total. The molecule has 1 aliphatic rings. The van der Waals surface area contributed by atoms with Crippen molar-refractivity contribution in [2.75, 3.05) is 13.1 Å². The molecule has 2 aromatic rings. The molecule has 27 heavy (non-hydrogen) atoms. The van der Waals surface area contributed by atoms with E-state index in [0.717, 1.165) is 31.7 Å². The average molecular weight is 367 g/mol. The summed E-state index contributed by atoms with van der Waals surface area (Å²) in [6.07, 6.45) is 0.196. The second-order valence-electron chi connectivity index (χ2n) is 7.58. The Hall–Kier alpha value is -2.21. The fourth-order valence-corrected chi connectivity index (χ4v) is 3.95. The molecule has 0 spiro atoms. The normalized spacial score (nSPS) is 21.1. The topological polar surface area (TPSA) is 55.8 Å². The van der Waals surface area contributed by atoms with Gasteiger partial charge < -0.3 is 0 Å². The highest BCUT2D eigenvalue weighted by molar-refractivity contribution is 5.77. The van der Waals surface area contributed by atoms with Crippen molar-refractivity contribution in [1.82, 2.24) is 15.3 Å². The Balaban J connectivity index is 1.57. The molecular weight excluding hydrogens is 338 g/mol. The van der Waals surface area contributed by atoms with Gasteiger partial charge in [0.25, 0.3) is 0 Å². The first-order valence-electron chi connectivity index (χ1n) is 9.58. The fraction of sp³-hybridized carbons (Fsp3) is 0.409. The Labute approximate surface area is 161 Å². The van der Waals surface area contributed by atoms with Crippen LogP contribution in [0.2, 0.25) is 0 Å². The van der Waals surface area contributed by atoms with Gasteiger partial charge in [0, 0.05) is 38.3 Å². The summed E-state index contributed by atoms with van der Waals surface area (Å²) >= 11 is 0. The highest BCUT2D eigenvalue weighted by atomic mass is 16.5. The molecule has 2 atom stereocenters. The summed E-state index contributed by atoms with van der Waals surface area (Å²) in [5.41, 5.74) is 5.19. The second kappa shape index (κ2) is 9.13. The van der Waals surface area contributed by atoms with E-state index in [9.17, 15) is 4.79 Å². The number of hydroxylamine groups is 1. The standard InChI is InChI=1S/C22H29N3O2/c1-17-13-24(15-20-6-4-3-5-7-20)14-18(2)25(17)16-21-10-8-19(9-11-21)12-22(26)23-27/h3-11,17-18,27H,12-16H2,1-2H3,(H,23,26). The van der Waals surface area contributed by atoms with Gasteiger partial charge >= 0.3 is 0 Å².